The number of nitrogens with zero attached hydrogens (tertiary/aromatic N) is 1. The van der Waals surface area contributed by atoms with Crippen molar-refractivity contribution in [1.29, 1.82) is 0 Å². The van der Waals surface area contributed by atoms with Gasteiger partial charge in [-0.05, 0) is 33.2 Å². The molecule has 0 aromatic carbocycles. The Kier molecular flexibility index (Phi) is 8.75. The van der Waals surface area contributed by atoms with Crippen LogP contribution in [0.3, 0.4) is 0 Å². The zero-order chi connectivity index (χ0) is 12.7. The van der Waals surface area contributed by atoms with E-state index in [9.17, 15) is 9.59 Å². The number of halogens is 1. The standard InChI is InChI=1S/C12H23N3O2.ClH/c1-3-13-11(16)9-15(4-2)12(17)8-10-6-5-7-14-10;/h10,14H,3-9H2,1-2H3,(H,13,16);1H. The highest BCUT2D eigenvalue weighted by Gasteiger charge is 2.21. The van der Waals surface area contributed by atoms with Crippen LogP contribution in [-0.2, 0) is 9.59 Å². The summed E-state index contributed by atoms with van der Waals surface area (Å²) in [6, 6.07) is 0.297. The van der Waals surface area contributed by atoms with Crippen molar-refractivity contribution in [2.75, 3.05) is 26.2 Å². The number of rotatable bonds is 6. The second kappa shape index (κ2) is 9.16. The Bertz CT molecular complexity index is 268. The number of nitrogens with one attached hydrogen (secondary N) is 2. The monoisotopic (exact) mass is 277 g/mol. The molecule has 1 fully saturated rings. The van der Waals surface area contributed by atoms with E-state index in [1.807, 2.05) is 13.8 Å². The van der Waals surface area contributed by atoms with E-state index in [4.69, 9.17) is 0 Å². The molecule has 6 heteroatoms. The molecule has 0 saturated carbocycles. The van der Waals surface area contributed by atoms with Crippen LogP contribution < -0.4 is 10.6 Å². The summed E-state index contributed by atoms with van der Waals surface area (Å²) < 4.78 is 0. The molecule has 1 aliphatic heterocycles. The Morgan fingerprint density at radius 3 is 2.61 bits per heavy atom. The Balaban J connectivity index is 0.00000289. The lowest BCUT2D eigenvalue weighted by atomic mass is 10.1. The average molecular weight is 278 g/mol. The highest BCUT2D eigenvalue weighted by molar-refractivity contribution is 5.85. The number of carbonyl (C=O) groups excluding carboxylic acids is 2. The smallest absolute Gasteiger partial charge is 0.239 e. The molecule has 1 saturated heterocycles. The third-order valence-corrected chi connectivity index (χ3v) is 3.03. The van der Waals surface area contributed by atoms with E-state index < -0.39 is 0 Å². The van der Waals surface area contributed by atoms with E-state index in [0.29, 0.717) is 25.6 Å². The lowest BCUT2D eigenvalue weighted by Gasteiger charge is -2.22. The Morgan fingerprint density at radius 2 is 2.11 bits per heavy atom. The molecule has 0 spiro atoms. The van der Waals surface area contributed by atoms with Gasteiger partial charge in [-0.3, -0.25) is 9.59 Å². The van der Waals surface area contributed by atoms with Gasteiger partial charge in [0.25, 0.3) is 0 Å². The van der Waals surface area contributed by atoms with Crippen LogP contribution in [0.1, 0.15) is 33.1 Å². The molecule has 18 heavy (non-hydrogen) atoms. The van der Waals surface area contributed by atoms with Crippen LogP contribution in [0.2, 0.25) is 0 Å². The summed E-state index contributed by atoms with van der Waals surface area (Å²) in [7, 11) is 0. The summed E-state index contributed by atoms with van der Waals surface area (Å²) in [4.78, 5) is 25.0. The largest absolute Gasteiger partial charge is 0.355 e. The van der Waals surface area contributed by atoms with Crippen LogP contribution >= 0.6 is 12.4 Å². The molecular formula is C12H24ClN3O2. The van der Waals surface area contributed by atoms with Gasteiger partial charge in [0, 0.05) is 25.6 Å². The minimum Gasteiger partial charge on any atom is -0.355 e. The minimum atomic E-state index is -0.0814. The fourth-order valence-corrected chi connectivity index (χ4v) is 2.07. The lowest BCUT2D eigenvalue weighted by molar-refractivity contribution is -0.136. The van der Waals surface area contributed by atoms with Gasteiger partial charge in [-0.1, -0.05) is 0 Å². The molecule has 1 aliphatic rings. The van der Waals surface area contributed by atoms with Gasteiger partial charge in [0.2, 0.25) is 11.8 Å². The first-order valence-electron chi connectivity index (χ1n) is 6.45. The lowest BCUT2D eigenvalue weighted by Crippen LogP contribution is -2.42. The summed E-state index contributed by atoms with van der Waals surface area (Å²) in [6.45, 7) is 6.14. The Morgan fingerprint density at radius 1 is 1.39 bits per heavy atom. The Labute approximate surface area is 115 Å². The van der Waals surface area contributed by atoms with Crippen LogP contribution in [0.4, 0.5) is 0 Å². The molecule has 1 heterocycles. The van der Waals surface area contributed by atoms with Crippen molar-refractivity contribution in [2.24, 2.45) is 0 Å². The zero-order valence-electron chi connectivity index (χ0n) is 11.2. The molecular weight excluding hydrogens is 254 g/mol. The molecule has 1 rings (SSSR count). The van der Waals surface area contributed by atoms with Crippen LogP contribution in [-0.4, -0.2) is 48.9 Å². The van der Waals surface area contributed by atoms with Gasteiger partial charge < -0.3 is 15.5 Å². The van der Waals surface area contributed by atoms with Gasteiger partial charge in [0.1, 0.15) is 0 Å². The van der Waals surface area contributed by atoms with E-state index in [1.165, 1.54) is 0 Å². The van der Waals surface area contributed by atoms with Crippen LogP contribution in [0, 0.1) is 0 Å². The van der Waals surface area contributed by atoms with Gasteiger partial charge in [-0.15, -0.1) is 12.4 Å². The van der Waals surface area contributed by atoms with Crippen molar-refractivity contribution in [3.8, 4) is 0 Å². The van der Waals surface area contributed by atoms with E-state index in [2.05, 4.69) is 10.6 Å². The summed E-state index contributed by atoms with van der Waals surface area (Å²) in [5, 5.41) is 6.01. The topological polar surface area (TPSA) is 61.4 Å². The Hall–Kier alpha value is -0.810. The number of carbonyl (C=O) groups is 2. The molecule has 0 bridgehead atoms. The van der Waals surface area contributed by atoms with Crippen molar-refractivity contribution < 1.29 is 9.59 Å². The van der Waals surface area contributed by atoms with Gasteiger partial charge >= 0.3 is 0 Å². The van der Waals surface area contributed by atoms with Crippen molar-refractivity contribution in [3.63, 3.8) is 0 Å². The molecule has 0 aliphatic carbocycles. The van der Waals surface area contributed by atoms with Crippen LogP contribution in [0.5, 0.6) is 0 Å². The van der Waals surface area contributed by atoms with E-state index in [0.717, 1.165) is 19.4 Å². The van der Waals surface area contributed by atoms with E-state index >= 15 is 0 Å². The molecule has 106 valence electrons. The van der Waals surface area contributed by atoms with Gasteiger partial charge in [0.15, 0.2) is 0 Å². The second-order valence-electron chi connectivity index (χ2n) is 4.36. The van der Waals surface area contributed by atoms with Crippen molar-refractivity contribution in [2.45, 2.75) is 39.2 Å². The van der Waals surface area contributed by atoms with Crippen LogP contribution in [0.15, 0.2) is 0 Å². The van der Waals surface area contributed by atoms with E-state index in [-0.39, 0.29) is 30.8 Å². The molecule has 2 N–H and O–H groups in total. The summed E-state index contributed by atoms with van der Waals surface area (Å²) in [6.07, 6.45) is 2.71. The first-order valence-corrected chi connectivity index (χ1v) is 6.45. The van der Waals surface area contributed by atoms with Crippen molar-refractivity contribution in [3.05, 3.63) is 0 Å². The quantitative estimate of drug-likeness (QED) is 0.745. The minimum absolute atomic E-state index is 0. The summed E-state index contributed by atoms with van der Waals surface area (Å²) in [5.74, 6) is -0.0137. The number of likely N-dealkylation sites (N-methyl/N-ethyl adjacent to an activating group) is 2. The number of amides is 2. The summed E-state index contributed by atoms with van der Waals surface area (Å²) >= 11 is 0. The average Bonchev–Trinajstić information content (AvgIpc) is 2.78. The van der Waals surface area contributed by atoms with Gasteiger partial charge in [-0.2, -0.15) is 0 Å². The SMILES string of the molecule is CCNC(=O)CN(CC)C(=O)CC1CCCN1.Cl. The van der Waals surface area contributed by atoms with Crippen molar-refractivity contribution >= 4 is 24.2 Å². The third-order valence-electron chi connectivity index (χ3n) is 3.03. The van der Waals surface area contributed by atoms with E-state index in [1.54, 1.807) is 4.90 Å². The molecule has 0 radical (unpaired) electrons. The molecule has 0 aromatic heterocycles. The molecule has 2 amide bonds. The predicted octanol–water partition coefficient (Wildman–Crippen LogP) is 0.535. The second-order valence-corrected chi connectivity index (χ2v) is 4.36. The summed E-state index contributed by atoms with van der Waals surface area (Å²) in [5.41, 5.74) is 0. The zero-order valence-corrected chi connectivity index (χ0v) is 12.0. The fourth-order valence-electron chi connectivity index (χ4n) is 2.07. The highest BCUT2D eigenvalue weighted by atomic mass is 35.5. The normalized spacial score (nSPS) is 18.0. The van der Waals surface area contributed by atoms with Crippen LogP contribution in [0.25, 0.3) is 0 Å². The predicted molar refractivity (Wildman–Crippen MR) is 73.8 cm³/mol. The van der Waals surface area contributed by atoms with Gasteiger partial charge in [0.05, 0.1) is 6.54 Å². The first kappa shape index (κ1) is 17.2. The molecule has 1 unspecified atom stereocenters. The molecule has 0 aromatic rings. The third kappa shape index (κ3) is 5.69. The molecule has 5 nitrogen and oxygen atoms in total. The molecule has 1 atom stereocenters. The van der Waals surface area contributed by atoms with Gasteiger partial charge in [-0.25, -0.2) is 0 Å². The maximum atomic E-state index is 12.0. The number of hydrogen-bond acceptors (Lipinski definition) is 3. The highest BCUT2D eigenvalue weighted by Crippen LogP contribution is 2.10. The maximum absolute atomic E-state index is 12.0. The number of hydrogen-bond donors (Lipinski definition) is 2. The van der Waals surface area contributed by atoms with Crippen molar-refractivity contribution in [1.82, 2.24) is 15.5 Å². The fraction of sp³-hybridized carbons (Fsp3) is 0.833. The first-order chi connectivity index (χ1) is 8.17. The maximum Gasteiger partial charge on any atom is 0.239 e.